The number of carbonyl (C=O) groups is 1. The Morgan fingerprint density at radius 1 is 1.07 bits per heavy atom. The van der Waals surface area contributed by atoms with Crippen LogP contribution in [0.25, 0.3) is 17.0 Å². The van der Waals surface area contributed by atoms with Crippen LogP contribution < -0.4 is 14.5 Å². The molecule has 1 aliphatic rings. The molecule has 150 valence electrons. The molecule has 0 aliphatic carbocycles. The van der Waals surface area contributed by atoms with Gasteiger partial charge in [-0.05, 0) is 29.8 Å². The summed E-state index contributed by atoms with van der Waals surface area (Å²) in [5.74, 6) is 0.978. The van der Waals surface area contributed by atoms with Crippen LogP contribution in [-0.2, 0) is 0 Å². The zero-order valence-corrected chi connectivity index (χ0v) is 16.9. The number of ether oxygens (including phenoxy) is 1. The predicted molar refractivity (Wildman–Crippen MR) is 116 cm³/mol. The van der Waals surface area contributed by atoms with Crippen LogP contribution in [0.4, 0.5) is 0 Å². The van der Waals surface area contributed by atoms with Crippen molar-refractivity contribution in [2.45, 2.75) is 0 Å². The van der Waals surface area contributed by atoms with E-state index in [2.05, 4.69) is 41.4 Å². The van der Waals surface area contributed by atoms with Crippen LogP contribution in [0.5, 0.6) is 5.75 Å². The highest BCUT2D eigenvalue weighted by Gasteiger charge is 2.25. The largest absolute Gasteiger partial charge is 0.497 e. The Morgan fingerprint density at radius 2 is 1.83 bits per heavy atom. The monoisotopic (exact) mass is 391 g/mol. The van der Waals surface area contributed by atoms with Crippen LogP contribution in [0.3, 0.4) is 0 Å². The van der Waals surface area contributed by atoms with Crippen molar-refractivity contribution in [1.29, 1.82) is 0 Å². The fourth-order valence-corrected chi connectivity index (χ4v) is 4.04. The first-order valence-electron chi connectivity index (χ1n) is 10.3. The number of H-pyrrole nitrogens is 1. The van der Waals surface area contributed by atoms with Gasteiger partial charge in [-0.2, -0.15) is 0 Å². The second-order valence-electron chi connectivity index (χ2n) is 7.73. The van der Waals surface area contributed by atoms with E-state index in [9.17, 15) is 4.79 Å². The third-order valence-corrected chi connectivity index (χ3v) is 5.78. The maximum Gasteiger partial charge on any atom is 0.219 e. The Labute approximate surface area is 171 Å². The number of fused-ring (bicyclic) bond motifs is 1. The molecule has 0 unspecified atom stereocenters. The summed E-state index contributed by atoms with van der Waals surface area (Å²) in [4.78, 5) is 19.1. The summed E-state index contributed by atoms with van der Waals surface area (Å²) in [6, 6.07) is 16.2. The van der Waals surface area contributed by atoms with Crippen molar-refractivity contribution >= 4 is 22.8 Å². The van der Waals surface area contributed by atoms with Crippen LogP contribution >= 0.6 is 0 Å². The first kappa shape index (κ1) is 19.4. The SMILES string of the molecule is COc1ccc2[nH]cc(C(=O)C[NH+]3CC[NH+](C/C=C/c4ccccc4)CC3)c2c1. The summed E-state index contributed by atoms with van der Waals surface area (Å²) >= 11 is 0. The third kappa shape index (κ3) is 4.75. The number of Topliss-reactive ketones (excluding diaryl/α,β-unsaturated/α-hetero) is 1. The minimum absolute atomic E-state index is 0.201. The molecule has 0 saturated carbocycles. The van der Waals surface area contributed by atoms with Crippen molar-refractivity contribution in [2.75, 3.05) is 46.4 Å². The summed E-state index contributed by atoms with van der Waals surface area (Å²) in [5, 5.41) is 0.948. The quantitative estimate of drug-likeness (QED) is 0.523. The minimum Gasteiger partial charge on any atom is -0.497 e. The molecular formula is C24H29N3O2+2. The number of rotatable bonds is 7. The smallest absolute Gasteiger partial charge is 0.219 e. The number of piperazine rings is 1. The van der Waals surface area contributed by atoms with Gasteiger partial charge in [-0.1, -0.05) is 36.4 Å². The van der Waals surface area contributed by atoms with Crippen molar-refractivity contribution < 1.29 is 19.3 Å². The number of aromatic amines is 1. The maximum atomic E-state index is 12.9. The summed E-state index contributed by atoms with van der Waals surface area (Å²) in [7, 11) is 1.65. The molecule has 1 aliphatic heterocycles. The van der Waals surface area contributed by atoms with Gasteiger partial charge >= 0.3 is 0 Å². The highest BCUT2D eigenvalue weighted by molar-refractivity contribution is 6.08. The van der Waals surface area contributed by atoms with E-state index >= 15 is 0 Å². The molecule has 4 rings (SSSR count). The molecule has 0 spiro atoms. The molecular weight excluding hydrogens is 362 g/mol. The molecule has 3 N–H and O–H groups in total. The van der Waals surface area contributed by atoms with Crippen molar-refractivity contribution in [3.05, 3.63) is 71.9 Å². The molecule has 29 heavy (non-hydrogen) atoms. The Hall–Kier alpha value is -2.89. The lowest BCUT2D eigenvalue weighted by atomic mass is 10.1. The lowest BCUT2D eigenvalue weighted by Crippen LogP contribution is -3.28. The molecule has 5 heteroatoms. The number of benzene rings is 2. The van der Waals surface area contributed by atoms with E-state index < -0.39 is 0 Å². The van der Waals surface area contributed by atoms with Gasteiger partial charge in [0.2, 0.25) is 5.78 Å². The second kappa shape index (κ2) is 9.07. The van der Waals surface area contributed by atoms with Gasteiger partial charge in [-0.3, -0.25) is 4.79 Å². The number of methoxy groups -OCH3 is 1. The predicted octanol–water partition coefficient (Wildman–Crippen LogP) is 0.856. The first-order valence-corrected chi connectivity index (χ1v) is 10.3. The van der Waals surface area contributed by atoms with Crippen LogP contribution in [0.15, 0.2) is 60.8 Å². The first-order chi connectivity index (χ1) is 14.2. The van der Waals surface area contributed by atoms with Crippen molar-refractivity contribution in [3.8, 4) is 5.75 Å². The Bertz CT molecular complexity index is 986. The third-order valence-electron chi connectivity index (χ3n) is 5.78. The summed E-state index contributed by atoms with van der Waals surface area (Å²) in [5.41, 5.74) is 2.99. The van der Waals surface area contributed by atoms with Crippen molar-refractivity contribution in [3.63, 3.8) is 0 Å². The Balaban J connectivity index is 1.29. The molecule has 2 aromatic carbocycles. The zero-order valence-electron chi connectivity index (χ0n) is 16.9. The van der Waals surface area contributed by atoms with Gasteiger partial charge < -0.3 is 19.5 Å². The number of aromatic nitrogens is 1. The van der Waals surface area contributed by atoms with Gasteiger partial charge in [-0.15, -0.1) is 0 Å². The number of nitrogens with one attached hydrogen (secondary N) is 3. The Kier molecular flexibility index (Phi) is 6.08. The van der Waals surface area contributed by atoms with Crippen molar-refractivity contribution in [2.24, 2.45) is 0 Å². The van der Waals surface area contributed by atoms with E-state index in [4.69, 9.17) is 4.74 Å². The normalized spacial score (nSPS) is 19.6. The van der Waals surface area contributed by atoms with Crippen LogP contribution in [0.2, 0.25) is 0 Å². The number of carbonyl (C=O) groups excluding carboxylic acids is 1. The maximum absolute atomic E-state index is 12.9. The van der Waals surface area contributed by atoms with Gasteiger partial charge in [0.1, 0.15) is 38.5 Å². The van der Waals surface area contributed by atoms with Crippen molar-refractivity contribution in [1.82, 2.24) is 4.98 Å². The van der Waals surface area contributed by atoms with E-state index in [1.165, 1.54) is 10.5 Å². The highest BCUT2D eigenvalue weighted by Crippen LogP contribution is 2.23. The number of hydrogen-bond acceptors (Lipinski definition) is 2. The fraction of sp³-hybridized carbons (Fsp3) is 0.292. The van der Waals surface area contributed by atoms with Gasteiger partial charge in [0.05, 0.1) is 13.7 Å². The van der Waals surface area contributed by atoms with E-state index in [1.807, 2.05) is 30.5 Å². The van der Waals surface area contributed by atoms with Crippen LogP contribution in [0, 0.1) is 0 Å². The zero-order chi connectivity index (χ0) is 20.1. The highest BCUT2D eigenvalue weighted by atomic mass is 16.5. The van der Waals surface area contributed by atoms with Gasteiger partial charge in [0.15, 0.2) is 0 Å². The van der Waals surface area contributed by atoms with E-state index in [0.717, 1.165) is 54.9 Å². The molecule has 1 aromatic heterocycles. The standard InChI is InChI=1S/C24H27N3O2/c1-29-20-9-10-23-21(16-20)22(17-25-23)24(28)18-27-14-12-26(13-15-27)11-5-8-19-6-3-2-4-7-19/h2-10,16-17,25H,11-15,18H2,1H3/p+2/b8-5+. The van der Waals surface area contributed by atoms with Gasteiger partial charge in [0.25, 0.3) is 0 Å². The summed E-state index contributed by atoms with van der Waals surface area (Å²) in [6.07, 6.45) is 6.29. The lowest BCUT2D eigenvalue weighted by Gasteiger charge is -2.28. The topological polar surface area (TPSA) is 51.0 Å². The van der Waals surface area contributed by atoms with Gasteiger partial charge in [0, 0.05) is 22.7 Å². The van der Waals surface area contributed by atoms with E-state index in [-0.39, 0.29) is 5.78 Å². The molecule has 1 fully saturated rings. The van der Waals surface area contributed by atoms with Gasteiger partial charge in [-0.25, -0.2) is 0 Å². The van der Waals surface area contributed by atoms with E-state index in [0.29, 0.717) is 6.54 Å². The van der Waals surface area contributed by atoms with Crippen LogP contribution in [-0.4, -0.2) is 57.1 Å². The second-order valence-corrected chi connectivity index (χ2v) is 7.73. The fourth-order valence-electron chi connectivity index (χ4n) is 4.04. The Morgan fingerprint density at radius 3 is 2.59 bits per heavy atom. The number of ketones is 1. The molecule has 0 radical (unpaired) electrons. The molecule has 0 atom stereocenters. The summed E-state index contributed by atoms with van der Waals surface area (Å²) in [6.45, 7) is 5.86. The number of quaternary nitrogens is 2. The molecule has 2 heterocycles. The van der Waals surface area contributed by atoms with Crippen LogP contribution in [0.1, 0.15) is 15.9 Å². The molecule has 3 aromatic rings. The number of hydrogen-bond donors (Lipinski definition) is 3. The minimum atomic E-state index is 0.201. The average molecular weight is 392 g/mol. The average Bonchev–Trinajstić information content (AvgIpc) is 3.19. The summed E-state index contributed by atoms with van der Waals surface area (Å²) < 4.78 is 5.31. The molecule has 0 bridgehead atoms. The lowest BCUT2D eigenvalue weighted by molar-refractivity contribution is -1.01. The molecule has 0 amide bonds. The molecule has 5 nitrogen and oxygen atoms in total. The molecule has 1 saturated heterocycles. The van der Waals surface area contributed by atoms with E-state index in [1.54, 1.807) is 12.0 Å².